The quantitative estimate of drug-likeness (QED) is 0.570. The van der Waals surface area contributed by atoms with E-state index in [1.807, 2.05) is 43.3 Å². The van der Waals surface area contributed by atoms with E-state index in [2.05, 4.69) is 20.3 Å². The highest BCUT2D eigenvalue weighted by atomic mass is 32.2. The second kappa shape index (κ2) is 7.70. The molecule has 3 aromatic rings. The van der Waals surface area contributed by atoms with Gasteiger partial charge in [-0.2, -0.15) is 0 Å². The number of amides is 1. The van der Waals surface area contributed by atoms with Crippen LogP contribution in [0.5, 0.6) is 0 Å². The molecule has 0 unspecified atom stereocenters. The minimum Gasteiger partial charge on any atom is -0.324 e. The van der Waals surface area contributed by atoms with E-state index < -0.39 is 0 Å². The summed E-state index contributed by atoms with van der Waals surface area (Å²) in [4.78, 5) is 24.9. The predicted octanol–water partition coefficient (Wildman–Crippen LogP) is 3.58. The first-order valence-corrected chi connectivity index (χ1v) is 8.43. The number of carbonyl (C=O) groups excluding carboxylic acids is 1. The van der Waals surface area contributed by atoms with Crippen molar-refractivity contribution in [2.75, 3.05) is 11.1 Å². The zero-order chi connectivity index (χ0) is 16.8. The van der Waals surface area contributed by atoms with Crippen molar-refractivity contribution in [1.29, 1.82) is 0 Å². The topological polar surface area (TPSA) is 67.8 Å². The van der Waals surface area contributed by atoms with Gasteiger partial charge in [0.25, 0.3) is 0 Å². The molecule has 6 heteroatoms. The molecule has 1 amide bonds. The molecule has 24 heavy (non-hydrogen) atoms. The Morgan fingerprint density at radius 2 is 1.96 bits per heavy atom. The predicted molar refractivity (Wildman–Crippen MR) is 95.8 cm³/mol. The number of hydrogen-bond acceptors (Lipinski definition) is 5. The van der Waals surface area contributed by atoms with Crippen molar-refractivity contribution in [3.63, 3.8) is 0 Å². The van der Waals surface area contributed by atoms with Crippen molar-refractivity contribution in [2.24, 2.45) is 0 Å². The van der Waals surface area contributed by atoms with Crippen LogP contribution in [0.25, 0.3) is 11.3 Å². The Hall–Kier alpha value is -2.73. The molecule has 3 rings (SSSR count). The lowest BCUT2D eigenvalue weighted by Gasteiger charge is -2.07. The van der Waals surface area contributed by atoms with Gasteiger partial charge in [-0.1, -0.05) is 42.1 Å². The maximum atomic E-state index is 12.0. The molecule has 0 bridgehead atoms. The van der Waals surface area contributed by atoms with Crippen LogP contribution in [0.15, 0.2) is 66.1 Å². The number of anilines is 1. The van der Waals surface area contributed by atoms with Crippen LogP contribution < -0.4 is 5.32 Å². The van der Waals surface area contributed by atoms with Gasteiger partial charge in [0.05, 0.1) is 23.3 Å². The third kappa shape index (κ3) is 4.39. The van der Waals surface area contributed by atoms with Crippen molar-refractivity contribution < 1.29 is 4.79 Å². The molecule has 0 aliphatic heterocycles. The number of aryl methyl sites for hydroxylation is 1. The molecule has 0 aliphatic carbocycles. The van der Waals surface area contributed by atoms with E-state index in [0.29, 0.717) is 10.8 Å². The van der Waals surface area contributed by atoms with Crippen LogP contribution in [0.4, 0.5) is 5.69 Å². The summed E-state index contributed by atoms with van der Waals surface area (Å²) < 4.78 is 0. The molecular weight excluding hydrogens is 320 g/mol. The molecule has 2 heterocycles. The fourth-order valence-corrected chi connectivity index (χ4v) is 2.83. The van der Waals surface area contributed by atoms with Gasteiger partial charge < -0.3 is 5.32 Å². The van der Waals surface area contributed by atoms with Crippen molar-refractivity contribution in [3.8, 4) is 11.3 Å². The number of nitrogens with zero attached hydrogens (tertiary/aromatic N) is 3. The van der Waals surface area contributed by atoms with Gasteiger partial charge in [-0.05, 0) is 25.1 Å². The minimum atomic E-state index is -0.112. The number of hydrogen-bond donors (Lipinski definition) is 1. The van der Waals surface area contributed by atoms with E-state index in [1.54, 1.807) is 24.5 Å². The largest absolute Gasteiger partial charge is 0.324 e. The highest BCUT2D eigenvalue weighted by Gasteiger charge is 2.08. The molecular formula is C18H16N4OS. The summed E-state index contributed by atoms with van der Waals surface area (Å²) in [6, 6.07) is 15.4. The number of thioether (sulfide) groups is 1. The van der Waals surface area contributed by atoms with Crippen LogP contribution in [0.2, 0.25) is 0 Å². The van der Waals surface area contributed by atoms with Gasteiger partial charge in [0.2, 0.25) is 5.91 Å². The maximum Gasteiger partial charge on any atom is 0.234 e. The highest BCUT2D eigenvalue weighted by molar-refractivity contribution is 7.99. The van der Waals surface area contributed by atoms with Gasteiger partial charge in [0, 0.05) is 17.5 Å². The zero-order valence-corrected chi connectivity index (χ0v) is 14.0. The van der Waals surface area contributed by atoms with E-state index in [4.69, 9.17) is 0 Å². The van der Waals surface area contributed by atoms with Crippen molar-refractivity contribution >= 4 is 23.4 Å². The lowest BCUT2D eigenvalue weighted by Crippen LogP contribution is -2.14. The Balaban J connectivity index is 1.67. The molecule has 5 nitrogen and oxygen atoms in total. The second-order valence-corrected chi connectivity index (χ2v) is 6.06. The van der Waals surface area contributed by atoms with E-state index in [0.717, 1.165) is 17.0 Å². The van der Waals surface area contributed by atoms with E-state index >= 15 is 0 Å². The Bertz CT molecular complexity index is 825. The molecule has 0 saturated heterocycles. The molecule has 120 valence electrons. The summed E-state index contributed by atoms with van der Waals surface area (Å²) >= 11 is 1.32. The number of nitrogens with one attached hydrogen (secondary N) is 1. The third-order valence-electron chi connectivity index (χ3n) is 3.18. The van der Waals surface area contributed by atoms with Crippen LogP contribution >= 0.6 is 11.8 Å². The molecule has 0 spiro atoms. The van der Waals surface area contributed by atoms with Gasteiger partial charge in [-0.15, -0.1) is 0 Å². The van der Waals surface area contributed by atoms with Gasteiger partial charge in [-0.25, -0.2) is 9.97 Å². The average Bonchev–Trinajstić information content (AvgIpc) is 2.61. The number of carbonyl (C=O) groups is 1. The normalized spacial score (nSPS) is 10.4. The van der Waals surface area contributed by atoms with Crippen molar-refractivity contribution in [3.05, 3.63) is 66.6 Å². The van der Waals surface area contributed by atoms with Crippen molar-refractivity contribution in [2.45, 2.75) is 12.1 Å². The average molecular weight is 336 g/mol. The highest BCUT2D eigenvalue weighted by Crippen LogP contribution is 2.21. The first kappa shape index (κ1) is 16.1. The first-order valence-electron chi connectivity index (χ1n) is 7.44. The minimum absolute atomic E-state index is 0.112. The Morgan fingerprint density at radius 3 is 2.71 bits per heavy atom. The number of pyridine rings is 1. The third-order valence-corrected chi connectivity index (χ3v) is 4.03. The van der Waals surface area contributed by atoms with Crippen LogP contribution in [0.1, 0.15) is 5.69 Å². The van der Waals surface area contributed by atoms with Crippen LogP contribution in [0.3, 0.4) is 0 Å². The maximum absolute atomic E-state index is 12.0. The van der Waals surface area contributed by atoms with Crippen LogP contribution in [0, 0.1) is 6.92 Å². The van der Waals surface area contributed by atoms with Gasteiger partial charge >= 0.3 is 0 Å². The molecule has 0 fully saturated rings. The SMILES string of the molecule is Cc1cc(-c2ccccc2)nc(SCC(=O)Nc2cccnc2)n1. The van der Waals surface area contributed by atoms with E-state index in [1.165, 1.54) is 11.8 Å². The molecule has 1 aromatic carbocycles. The van der Waals surface area contributed by atoms with Crippen LogP contribution in [-0.2, 0) is 4.79 Å². The van der Waals surface area contributed by atoms with Gasteiger partial charge in [0.15, 0.2) is 5.16 Å². The Morgan fingerprint density at radius 1 is 1.12 bits per heavy atom. The molecule has 0 saturated carbocycles. The summed E-state index contributed by atoms with van der Waals surface area (Å²) in [5, 5.41) is 3.39. The Kier molecular flexibility index (Phi) is 5.18. The van der Waals surface area contributed by atoms with Gasteiger partial charge in [0.1, 0.15) is 0 Å². The fraction of sp³-hybridized carbons (Fsp3) is 0.111. The van der Waals surface area contributed by atoms with Crippen molar-refractivity contribution in [1.82, 2.24) is 15.0 Å². The Labute approximate surface area is 144 Å². The van der Waals surface area contributed by atoms with E-state index in [-0.39, 0.29) is 11.7 Å². The smallest absolute Gasteiger partial charge is 0.234 e. The zero-order valence-electron chi connectivity index (χ0n) is 13.1. The summed E-state index contributed by atoms with van der Waals surface area (Å²) in [5.41, 5.74) is 3.44. The van der Waals surface area contributed by atoms with E-state index in [9.17, 15) is 4.79 Å². The summed E-state index contributed by atoms with van der Waals surface area (Å²) in [5.74, 6) is 0.131. The molecule has 1 N–H and O–H groups in total. The molecule has 0 atom stereocenters. The lowest BCUT2D eigenvalue weighted by atomic mass is 10.1. The molecule has 0 aliphatic rings. The number of benzene rings is 1. The number of rotatable bonds is 5. The second-order valence-electron chi connectivity index (χ2n) is 5.12. The van der Waals surface area contributed by atoms with Gasteiger partial charge in [-0.3, -0.25) is 9.78 Å². The standard InChI is InChI=1S/C18H16N4OS/c1-13-10-16(14-6-3-2-4-7-14)22-18(20-13)24-12-17(23)21-15-8-5-9-19-11-15/h2-11H,12H2,1H3,(H,21,23). The summed E-state index contributed by atoms with van der Waals surface area (Å²) in [6.07, 6.45) is 3.27. The summed E-state index contributed by atoms with van der Waals surface area (Å²) in [6.45, 7) is 1.92. The summed E-state index contributed by atoms with van der Waals surface area (Å²) in [7, 11) is 0. The van der Waals surface area contributed by atoms with Crippen LogP contribution in [-0.4, -0.2) is 26.6 Å². The molecule has 0 radical (unpaired) electrons. The number of aromatic nitrogens is 3. The first-order chi connectivity index (χ1) is 11.7. The molecule has 2 aromatic heterocycles. The monoisotopic (exact) mass is 336 g/mol. The fourth-order valence-electron chi connectivity index (χ4n) is 2.13. The lowest BCUT2D eigenvalue weighted by molar-refractivity contribution is -0.113.